The SMILES string of the molecule is CN1CCN=C1NCCCC(c1ccccc1)c1ccccc1.Cl. The van der Waals surface area contributed by atoms with Crippen LogP contribution in [0.25, 0.3) is 0 Å². The molecule has 0 saturated carbocycles. The number of likely N-dealkylation sites (N-methyl/N-ethyl adjacent to an activating group) is 1. The van der Waals surface area contributed by atoms with Crippen LogP contribution in [-0.2, 0) is 0 Å². The molecule has 0 bridgehead atoms. The Bertz CT molecular complexity index is 588. The van der Waals surface area contributed by atoms with Crippen LogP contribution in [0, 0.1) is 0 Å². The maximum atomic E-state index is 4.48. The lowest BCUT2D eigenvalue weighted by atomic mass is 9.87. The number of hydrogen-bond donors (Lipinski definition) is 1. The Kier molecular flexibility index (Phi) is 7.13. The van der Waals surface area contributed by atoms with Gasteiger partial charge in [0.1, 0.15) is 0 Å². The van der Waals surface area contributed by atoms with Gasteiger partial charge in [0.2, 0.25) is 0 Å². The van der Waals surface area contributed by atoms with Crippen molar-refractivity contribution in [2.24, 2.45) is 4.99 Å². The van der Waals surface area contributed by atoms with Crippen LogP contribution in [0.2, 0.25) is 0 Å². The van der Waals surface area contributed by atoms with Gasteiger partial charge in [-0.1, -0.05) is 60.7 Å². The highest BCUT2D eigenvalue weighted by molar-refractivity contribution is 5.85. The van der Waals surface area contributed by atoms with E-state index < -0.39 is 0 Å². The van der Waals surface area contributed by atoms with Crippen LogP contribution < -0.4 is 5.32 Å². The van der Waals surface area contributed by atoms with Crippen LogP contribution in [0.5, 0.6) is 0 Å². The van der Waals surface area contributed by atoms with Crippen LogP contribution in [0.15, 0.2) is 65.7 Å². The average Bonchev–Trinajstić information content (AvgIpc) is 3.01. The maximum absolute atomic E-state index is 4.48. The largest absolute Gasteiger partial charge is 0.356 e. The Morgan fingerprint density at radius 3 is 2.08 bits per heavy atom. The van der Waals surface area contributed by atoms with Crippen molar-refractivity contribution in [3.05, 3.63) is 71.8 Å². The van der Waals surface area contributed by atoms with Crippen LogP contribution in [0.4, 0.5) is 0 Å². The van der Waals surface area contributed by atoms with Crippen LogP contribution in [0.3, 0.4) is 0 Å². The molecule has 3 rings (SSSR count). The molecule has 3 nitrogen and oxygen atoms in total. The zero-order chi connectivity index (χ0) is 15.9. The van der Waals surface area contributed by atoms with Crippen molar-refractivity contribution < 1.29 is 0 Å². The summed E-state index contributed by atoms with van der Waals surface area (Å²) in [5.41, 5.74) is 2.79. The summed E-state index contributed by atoms with van der Waals surface area (Å²) in [5, 5.41) is 3.47. The van der Waals surface area contributed by atoms with Gasteiger partial charge in [-0.2, -0.15) is 0 Å². The predicted molar refractivity (Wildman–Crippen MR) is 104 cm³/mol. The van der Waals surface area contributed by atoms with Gasteiger partial charge in [0.05, 0.1) is 6.54 Å². The molecule has 0 atom stereocenters. The number of hydrogen-bond acceptors (Lipinski definition) is 3. The lowest BCUT2D eigenvalue weighted by Gasteiger charge is -2.19. The third-order valence-corrected chi connectivity index (χ3v) is 4.42. The quantitative estimate of drug-likeness (QED) is 0.805. The molecule has 2 aromatic carbocycles. The van der Waals surface area contributed by atoms with Gasteiger partial charge in [-0.15, -0.1) is 12.4 Å². The van der Waals surface area contributed by atoms with Gasteiger partial charge in [0.25, 0.3) is 0 Å². The first-order valence-electron chi connectivity index (χ1n) is 8.44. The van der Waals surface area contributed by atoms with E-state index in [1.807, 2.05) is 0 Å². The lowest BCUT2D eigenvalue weighted by Crippen LogP contribution is -2.36. The number of benzene rings is 2. The summed E-state index contributed by atoms with van der Waals surface area (Å²) in [6.07, 6.45) is 2.26. The molecule has 24 heavy (non-hydrogen) atoms. The van der Waals surface area contributed by atoms with Gasteiger partial charge in [0, 0.05) is 26.1 Å². The van der Waals surface area contributed by atoms with E-state index in [2.05, 4.69) is 82.9 Å². The molecule has 128 valence electrons. The van der Waals surface area contributed by atoms with Crippen molar-refractivity contribution >= 4 is 18.4 Å². The highest BCUT2D eigenvalue weighted by atomic mass is 35.5. The summed E-state index contributed by atoms with van der Waals surface area (Å²) in [4.78, 5) is 6.67. The number of guanidine groups is 1. The first-order chi connectivity index (χ1) is 11.3. The predicted octanol–water partition coefficient (Wildman–Crippen LogP) is 3.91. The molecule has 0 aliphatic carbocycles. The summed E-state index contributed by atoms with van der Waals surface area (Å²) < 4.78 is 0. The van der Waals surface area contributed by atoms with Gasteiger partial charge >= 0.3 is 0 Å². The van der Waals surface area contributed by atoms with Gasteiger partial charge in [-0.05, 0) is 24.0 Å². The summed E-state index contributed by atoms with van der Waals surface area (Å²) in [6.45, 7) is 2.91. The standard InChI is InChI=1S/C20H25N3.ClH/c1-23-16-15-22-20(23)21-14-8-13-19(17-9-4-2-5-10-17)18-11-6-3-7-12-18;/h2-7,9-12,19H,8,13-16H2,1H3,(H,21,22);1H. The summed E-state index contributed by atoms with van der Waals surface area (Å²) in [7, 11) is 2.09. The fourth-order valence-corrected chi connectivity index (χ4v) is 3.13. The molecule has 0 fully saturated rings. The van der Waals surface area contributed by atoms with E-state index in [1.54, 1.807) is 0 Å². The fourth-order valence-electron chi connectivity index (χ4n) is 3.13. The average molecular weight is 344 g/mol. The summed E-state index contributed by atoms with van der Waals surface area (Å²) in [6, 6.07) is 21.6. The Morgan fingerprint density at radius 1 is 1.00 bits per heavy atom. The Hall–Kier alpha value is -2.00. The zero-order valence-corrected chi connectivity index (χ0v) is 15.0. The van der Waals surface area contributed by atoms with E-state index in [4.69, 9.17) is 0 Å². The highest BCUT2D eigenvalue weighted by Gasteiger charge is 2.14. The minimum absolute atomic E-state index is 0. The fraction of sp³-hybridized carbons (Fsp3) is 0.350. The summed E-state index contributed by atoms with van der Waals surface area (Å²) >= 11 is 0. The topological polar surface area (TPSA) is 27.6 Å². The van der Waals surface area contributed by atoms with Crippen LogP contribution in [-0.4, -0.2) is 37.5 Å². The molecule has 0 amide bonds. The Morgan fingerprint density at radius 2 is 1.58 bits per heavy atom. The third-order valence-electron chi connectivity index (χ3n) is 4.42. The van der Waals surface area contributed by atoms with Crippen molar-refractivity contribution in [3.63, 3.8) is 0 Å². The molecule has 0 radical (unpaired) electrons. The van der Waals surface area contributed by atoms with Crippen LogP contribution in [0.1, 0.15) is 29.9 Å². The molecule has 1 heterocycles. The van der Waals surface area contributed by atoms with Crippen molar-refractivity contribution in [1.29, 1.82) is 0 Å². The van der Waals surface area contributed by atoms with Gasteiger partial charge in [-0.3, -0.25) is 4.99 Å². The van der Waals surface area contributed by atoms with E-state index in [0.29, 0.717) is 5.92 Å². The maximum Gasteiger partial charge on any atom is 0.193 e. The molecular formula is C20H26ClN3. The molecule has 1 aliphatic heterocycles. The van der Waals surface area contributed by atoms with Crippen molar-refractivity contribution in [1.82, 2.24) is 10.2 Å². The molecule has 0 aromatic heterocycles. The van der Waals surface area contributed by atoms with Crippen molar-refractivity contribution in [3.8, 4) is 0 Å². The monoisotopic (exact) mass is 343 g/mol. The van der Waals surface area contributed by atoms with Gasteiger partial charge in [-0.25, -0.2) is 0 Å². The second-order valence-corrected chi connectivity index (χ2v) is 6.07. The van der Waals surface area contributed by atoms with E-state index in [1.165, 1.54) is 11.1 Å². The van der Waals surface area contributed by atoms with E-state index >= 15 is 0 Å². The zero-order valence-electron chi connectivity index (χ0n) is 14.2. The Labute approximate surface area is 151 Å². The molecule has 0 saturated heterocycles. The number of nitrogens with one attached hydrogen (secondary N) is 1. The number of nitrogens with zero attached hydrogens (tertiary/aromatic N) is 2. The van der Waals surface area contributed by atoms with Crippen molar-refractivity contribution in [2.75, 3.05) is 26.7 Å². The van der Waals surface area contributed by atoms with E-state index in [9.17, 15) is 0 Å². The smallest absolute Gasteiger partial charge is 0.193 e. The number of rotatable bonds is 6. The molecule has 0 unspecified atom stereocenters. The van der Waals surface area contributed by atoms with E-state index in [-0.39, 0.29) is 12.4 Å². The number of halogens is 1. The minimum atomic E-state index is 0. The second-order valence-electron chi connectivity index (χ2n) is 6.07. The first kappa shape index (κ1) is 18.3. The lowest BCUT2D eigenvalue weighted by molar-refractivity contribution is 0.528. The highest BCUT2D eigenvalue weighted by Crippen LogP contribution is 2.28. The molecule has 1 aliphatic rings. The van der Waals surface area contributed by atoms with Crippen molar-refractivity contribution in [2.45, 2.75) is 18.8 Å². The van der Waals surface area contributed by atoms with Crippen LogP contribution >= 0.6 is 12.4 Å². The summed E-state index contributed by atoms with van der Waals surface area (Å²) in [5.74, 6) is 1.50. The normalized spacial score (nSPS) is 13.6. The molecular weight excluding hydrogens is 318 g/mol. The van der Waals surface area contributed by atoms with Gasteiger partial charge < -0.3 is 10.2 Å². The second kappa shape index (κ2) is 9.33. The minimum Gasteiger partial charge on any atom is -0.356 e. The van der Waals surface area contributed by atoms with Gasteiger partial charge in [0.15, 0.2) is 5.96 Å². The number of aliphatic imine (C=N–C) groups is 1. The first-order valence-corrected chi connectivity index (χ1v) is 8.44. The Balaban J connectivity index is 0.00000208. The molecule has 1 N–H and O–H groups in total. The molecule has 0 spiro atoms. The molecule has 4 heteroatoms. The molecule has 2 aromatic rings. The van der Waals surface area contributed by atoms with E-state index in [0.717, 1.165) is 38.4 Å². The third kappa shape index (κ3) is 4.75.